The first kappa shape index (κ1) is 14.7. The van der Waals surface area contributed by atoms with E-state index in [1.165, 1.54) is 0 Å². The molecule has 108 valence electrons. The summed E-state index contributed by atoms with van der Waals surface area (Å²) in [5.41, 5.74) is 0.0414. The molecule has 20 heavy (non-hydrogen) atoms. The molecule has 1 atom stereocenters. The normalized spacial score (nSPS) is 13.3. The molecule has 0 saturated heterocycles. The summed E-state index contributed by atoms with van der Waals surface area (Å²) >= 11 is 5.92. The van der Waals surface area contributed by atoms with E-state index in [4.69, 9.17) is 21.1 Å². The average Bonchev–Trinajstić information content (AvgIpc) is 2.88. The number of ether oxygens (including phenoxy) is 2. The van der Waals surface area contributed by atoms with Crippen LogP contribution in [-0.2, 0) is 15.9 Å². The third-order valence-electron chi connectivity index (χ3n) is 2.51. The second kappa shape index (κ2) is 7.18. The number of allylic oxidation sites excluding steroid dienone is 1. The Hall–Kier alpha value is -1.70. The summed E-state index contributed by atoms with van der Waals surface area (Å²) in [6.07, 6.45) is 5.51. The van der Waals surface area contributed by atoms with Crippen molar-refractivity contribution in [2.45, 2.75) is 12.0 Å². The minimum absolute atomic E-state index is 0.265. The molecular weight excluding hydrogens is 284 g/mol. The summed E-state index contributed by atoms with van der Waals surface area (Å²) < 4.78 is 10.1. The van der Waals surface area contributed by atoms with Gasteiger partial charge < -0.3 is 14.5 Å². The van der Waals surface area contributed by atoms with E-state index in [9.17, 15) is 4.79 Å². The van der Waals surface area contributed by atoms with Crippen LogP contribution in [-0.4, -0.2) is 46.1 Å². The van der Waals surface area contributed by atoms with Crippen molar-refractivity contribution in [2.24, 2.45) is 0 Å². The van der Waals surface area contributed by atoms with E-state index < -0.39 is 5.56 Å². The predicted molar refractivity (Wildman–Crippen MR) is 74.8 cm³/mol. The second-order valence-corrected chi connectivity index (χ2v) is 4.41. The Kier molecular flexibility index (Phi) is 5.28. The lowest BCUT2D eigenvalue weighted by molar-refractivity contribution is 0.0705. The number of alkyl halides is 1. The van der Waals surface area contributed by atoms with Gasteiger partial charge in [0.05, 0.1) is 13.2 Å². The molecular formula is C12H15ClN4O3. The molecule has 0 aromatic carbocycles. The topological polar surface area (TPSA) is 92.9 Å². The van der Waals surface area contributed by atoms with E-state index in [0.29, 0.717) is 36.5 Å². The average molecular weight is 299 g/mol. The number of aromatic amines is 2. The minimum atomic E-state index is -0.533. The Morgan fingerprint density at radius 1 is 1.50 bits per heavy atom. The van der Waals surface area contributed by atoms with Crippen LogP contribution in [0.5, 0.6) is 0 Å². The largest absolute Gasteiger partial charge is 0.382 e. The lowest BCUT2D eigenvalue weighted by atomic mass is 10.3. The van der Waals surface area contributed by atoms with Gasteiger partial charge in [0.15, 0.2) is 5.52 Å². The summed E-state index contributed by atoms with van der Waals surface area (Å²) in [5.74, 6) is 0.543. The van der Waals surface area contributed by atoms with Crippen molar-refractivity contribution in [2.75, 3.05) is 20.3 Å². The van der Waals surface area contributed by atoms with Crippen LogP contribution in [0, 0.1) is 0 Å². The smallest absolute Gasteiger partial charge is 0.279 e. The first-order valence-electron chi connectivity index (χ1n) is 6.04. The highest BCUT2D eigenvalue weighted by Crippen LogP contribution is 2.04. The Morgan fingerprint density at radius 3 is 3.15 bits per heavy atom. The third-order valence-corrected chi connectivity index (χ3v) is 2.78. The van der Waals surface area contributed by atoms with Crippen molar-refractivity contribution in [1.82, 2.24) is 20.2 Å². The third kappa shape index (κ3) is 3.89. The lowest BCUT2D eigenvalue weighted by Crippen LogP contribution is -2.11. The highest BCUT2D eigenvalue weighted by Gasteiger charge is 2.05. The first-order valence-corrected chi connectivity index (χ1v) is 6.48. The van der Waals surface area contributed by atoms with E-state index in [2.05, 4.69) is 20.2 Å². The molecule has 2 rings (SSSR count). The number of methoxy groups -OCH3 is 1. The molecule has 0 amide bonds. The number of fused-ring (bicyclic) bond motifs is 1. The molecule has 2 aromatic heterocycles. The molecule has 2 aromatic rings. The number of nitrogens with zero attached hydrogens (tertiary/aromatic N) is 2. The van der Waals surface area contributed by atoms with Gasteiger partial charge in [0.1, 0.15) is 16.9 Å². The zero-order valence-electron chi connectivity index (χ0n) is 10.9. The monoisotopic (exact) mass is 298 g/mol. The number of H-pyrrole nitrogens is 2. The van der Waals surface area contributed by atoms with Gasteiger partial charge in [-0.1, -0.05) is 17.7 Å². The van der Waals surface area contributed by atoms with Gasteiger partial charge in [-0.05, 0) is 6.08 Å². The maximum atomic E-state index is 11.7. The van der Waals surface area contributed by atoms with Crippen LogP contribution in [0.15, 0.2) is 23.1 Å². The SMILES string of the molecule is COCCO[C@@H](Cl)/C=C/Cc1nc2c[nH]nc2c(=O)[nH]1. The van der Waals surface area contributed by atoms with E-state index in [1.54, 1.807) is 25.5 Å². The number of rotatable bonds is 7. The highest BCUT2D eigenvalue weighted by atomic mass is 35.5. The summed E-state index contributed by atoms with van der Waals surface area (Å²) in [6.45, 7) is 0.911. The minimum Gasteiger partial charge on any atom is -0.382 e. The van der Waals surface area contributed by atoms with Crippen molar-refractivity contribution in [1.29, 1.82) is 0 Å². The zero-order chi connectivity index (χ0) is 14.4. The molecule has 2 heterocycles. The van der Waals surface area contributed by atoms with Gasteiger partial charge in [0.2, 0.25) is 0 Å². The lowest BCUT2D eigenvalue weighted by Gasteiger charge is -2.05. The molecule has 2 N–H and O–H groups in total. The maximum absolute atomic E-state index is 11.7. The van der Waals surface area contributed by atoms with Gasteiger partial charge in [0, 0.05) is 19.7 Å². The molecule has 0 aliphatic rings. The van der Waals surface area contributed by atoms with Crippen LogP contribution < -0.4 is 5.56 Å². The number of halogens is 1. The summed E-state index contributed by atoms with van der Waals surface area (Å²) in [4.78, 5) is 18.6. The molecule has 0 bridgehead atoms. The van der Waals surface area contributed by atoms with Gasteiger partial charge in [-0.15, -0.1) is 0 Å². The highest BCUT2D eigenvalue weighted by molar-refractivity contribution is 6.20. The van der Waals surface area contributed by atoms with Crippen molar-refractivity contribution in [3.05, 3.63) is 34.5 Å². The van der Waals surface area contributed by atoms with Gasteiger partial charge in [0.25, 0.3) is 5.56 Å². The Bertz CT molecular complexity index is 637. The molecule has 0 aliphatic carbocycles. The predicted octanol–water partition coefficient (Wildman–Crippen LogP) is 0.973. The van der Waals surface area contributed by atoms with Crippen LogP contribution in [0.2, 0.25) is 0 Å². The fraction of sp³-hybridized carbons (Fsp3) is 0.417. The van der Waals surface area contributed by atoms with Crippen molar-refractivity contribution in [3.8, 4) is 0 Å². The number of hydrogen-bond acceptors (Lipinski definition) is 5. The van der Waals surface area contributed by atoms with Gasteiger partial charge in [-0.25, -0.2) is 4.98 Å². The first-order chi connectivity index (χ1) is 9.70. The quantitative estimate of drug-likeness (QED) is 0.451. The van der Waals surface area contributed by atoms with Crippen LogP contribution in [0.4, 0.5) is 0 Å². The van der Waals surface area contributed by atoms with Gasteiger partial charge >= 0.3 is 0 Å². The van der Waals surface area contributed by atoms with Gasteiger partial charge in [-0.3, -0.25) is 9.89 Å². The van der Waals surface area contributed by atoms with E-state index in [-0.39, 0.29) is 5.56 Å². The summed E-state index contributed by atoms with van der Waals surface area (Å²) in [7, 11) is 1.59. The standard InChI is InChI=1S/C12H15ClN4O3/c1-19-5-6-20-9(13)3-2-4-10-15-8-7-14-17-11(8)12(18)16-10/h2-3,7,9H,4-6H2,1H3,(H,14,17)(H,15,16,18)/b3-2+/t9-/m1/s1. The van der Waals surface area contributed by atoms with Crippen LogP contribution in [0.3, 0.4) is 0 Å². The molecule has 0 fully saturated rings. The fourth-order valence-corrected chi connectivity index (χ4v) is 1.77. The Labute approximate surface area is 120 Å². The van der Waals surface area contributed by atoms with Gasteiger partial charge in [-0.2, -0.15) is 5.10 Å². The second-order valence-electron chi connectivity index (χ2n) is 3.98. The van der Waals surface area contributed by atoms with E-state index >= 15 is 0 Å². The summed E-state index contributed by atoms with van der Waals surface area (Å²) in [6, 6.07) is 0. The number of hydrogen-bond donors (Lipinski definition) is 2. The molecule has 0 radical (unpaired) electrons. The molecule has 7 nitrogen and oxygen atoms in total. The number of nitrogens with one attached hydrogen (secondary N) is 2. The molecule has 0 aliphatic heterocycles. The molecule has 8 heteroatoms. The Morgan fingerprint density at radius 2 is 2.35 bits per heavy atom. The van der Waals surface area contributed by atoms with Crippen LogP contribution in [0.1, 0.15) is 5.82 Å². The Balaban J connectivity index is 1.93. The summed E-state index contributed by atoms with van der Waals surface area (Å²) in [5, 5.41) is 6.41. The fourth-order valence-electron chi connectivity index (χ4n) is 1.58. The van der Waals surface area contributed by atoms with Crippen molar-refractivity contribution < 1.29 is 9.47 Å². The number of aromatic nitrogens is 4. The van der Waals surface area contributed by atoms with Crippen LogP contribution in [0.25, 0.3) is 11.0 Å². The van der Waals surface area contributed by atoms with Crippen molar-refractivity contribution in [3.63, 3.8) is 0 Å². The van der Waals surface area contributed by atoms with E-state index in [0.717, 1.165) is 0 Å². The van der Waals surface area contributed by atoms with Crippen LogP contribution >= 0.6 is 11.6 Å². The molecule has 0 spiro atoms. The molecule has 0 saturated carbocycles. The van der Waals surface area contributed by atoms with E-state index in [1.807, 2.05) is 0 Å². The maximum Gasteiger partial charge on any atom is 0.279 e. The van der Waals surface area contributed by atoms with Crippen molar-refractivity contribution >= 4 is 22.6 Å². The zero-order valence-corrected chi connectivity index (χ0v) is 11.7. The molecule has 0 unspecified atom stereocenters.